The number of anilines is 1. The van der Waals surface area contributed by atoms with Gasteiger partial charge in [-0.15, -0.1) is 0 Å². The number of aliphatic carboxylic acids is 2. The summed E-state index contributed by atoms with van der Waals surface area (Å²) in [5, 5.41) is 20.3. The fourth-order valence-corrected chi connectivity index (χ4v) is 2.74. The molecule has 5 N–H and O–H groups in total. The minimum Gasteiger partial charge on any atom is -0.481 e. The smallest absolute Gasteiger partial charge is 0.305 e. The van der Waals surface area contributed by atoms with E-state index in [0.717, 1.165) is 16.7 Å². The summed E-state index contributed by atoms with van der Waals surface area (Å²) in [4.78, 5) is 33.4. The maximum Gasteiger partial charge on any atom is 0.305 e. The summed E-state index contributed by atoms with van der Waals surface area (Å²) in [6, 6.07) is 14.4. The third-order valence-electron chi connectivity index (χ3n) is 4.01. The van der Waals surface area contributed by atoms with Gasteiger partial charge in [-0.25, -0.2) is 0 Å². The summed E-state index contributed by atoms with van der Waals surface area (Å²) in [6.45, 7) is 0. The molecular weight excluding hydrogens is 348 g/mol. The number of hydrogen-bond acceptors (Lipinski definition) is 4. The summed E-state index contributed by atoms with van der Waals surface area (Å²) in [5.41, 5.74) is 9.29. The van der Waals surface area contributed by atoms with Gasteiger partial charge in [-0.2, -0.15) is 0 Å². The quantitative estimate of drug-likeness (QED) is 0.501. The fourth-order valence-electron chi connectivity index (χ4n) is 2.74. The second-order valence-corrected chi connectivity index (χ2v) is 6.28. The molecule has 2 aromatic carbocycles. The Balaban J connectivity index is 2.04. The molecule has 0 fully saturated rings. The lowest BCUT2D eigenvalue weighted by molar-refractivity contribution is -0.140. The molecule has 0 aliphatic carbocycles. The number of carboxylic acids is 2. The Labute approximate surface area is 156 Å². The lowest BCUT2D eigenvalue weighted by atomic mass is 9.99. The molecule has 0 saturated heterocycles. The number of nitrogens with two attached hydrogens (primary N) is 1. The molecule has 1 unspecified atom stereocenters. The Morgan fingerprint density at radius 2 is 1.63 bits per heavy atom. The first-order chi connectivity index (χ1) is 12.8. The summed E-state index contributed by atoms with van der Waals surface area (Å²) in [7, 11) is 0. The fraction of sp³-hybridized carbons (Fsp3) is 0.250. The van der Waals surface area contributed by atoms with Gasteiger partial charge in [0.25, 0.3) is 0 Å². The number of benzene rings is 2. The predicted molar refractivity (Wildman–Crippen MR) is 101 cm³/mol. The van der Waals surface area contributed by atoms with Gasteiger partial charge in [-0.05, 0) is 35.2 Å². The van der Waals surface area contributed by atoms with Crippen LogP contribution in [0.5, 0.6) is 0 Å². The molecule has 1 amide bonds. The van der Waals surface area contributed by atoms with Crippen LogP contribution in [-0.4, -0.2) is 34.1 Å². The second kappa shape index (κ2) is 9.38. The molecule has 0 aliphatic heterocycles. The minimum atomic E-state index is -1.07. The topological polar surface area (TPSA) is 130 Å². The van der Waals surface area contributed by atoms with Crippen LogP contribution in [0, 0.1) is 0 Å². The molecule has 142 valence electrons. The van der Waals surface area contributed by atoms with E-state index in [4.69, 9.17) is 15.9 Å². The van der Waals surface area contributed by atoms with Gasteiger partial charge in [0.1, 0.15) is 0 Å². The number of amides is 1. The molecule has 27 heavy (non-hydrogen) atoms. The van der Waals surface area contributed by atoms with Crippen molar-refractivity contribution in [1.82, 2.24) is 5.32 Å². The van der Waals surface area contributed by atoms with E-state index < -0.39 is 23.9 Å². The van der Waals surface area contributed by atoms with Crippen molar-refractivity contribution in [3.05, 3.63) is 54.1 Å². The largest absolute Gasteiger partial charge is 0.481 e. The molecule has 0 heterocycles. The molecular formula is C20H22N2O5. The van der Waals surface area contributed by atoms with Crippen LogP contribution < -0.4 is 11.1 Å². The number of carbonyl (C=O) groups excluding carboxylic acids is 1. The summed E-state index contributed by atoms with van der Waals surface area (Å²) >= 11 is 0. The van der Waals surface area contributed by atoms with E-state index in [1.807, 2.05) is 42.5 Å². The van der Waals surface area contributed by atoms with Crippen LogP contribution in [0.3, 0.4) is 0 Å². The van der Waals surface area contributed by atoms with Crippen molar-refractivity contribution in [2.45, 2.75) is 31.7 Å². The number of carboxylic acid groups (broad SMARTS) is 2. The van der Waals surface area contributed by atoms with E-state index >= 15 is 0 Å². The Kier molecular flexibility index (Phi) is 6.93. The number of nitrogen functional groups attached to an aromatic ring is 1. The third kappa shape index (κ3) is 6.81. The zero-order valence-corrected chi connectivity index (χ0v) is 14.7. The van der Waals surface area contributed by atoms with Gasteiger partial charge in [0.15, 0.2) is 0 Å². The summed E-state index contributed by atoms with van der Waals surface area (Å²) in [5.74, 6) is -2.58. The third-order valence-corrected chi connectivity index (χ3v) is 4.01. The standard InChI is InChI=1S/C20H22N2O5/c21-16-3-1-2-15(11-16)14-6-4-13(5-7-14)10-17(12-20(26)27)22-18(23)8-9-19(24)25/h1-7,11,17H,8-10,12,21H2,(H,22,23)(H,24,25)(H,26,27). The molecule has 1 atom stereocenters. The van der Waals surface area contributed by atoms with Crippen molar-refractivity contribution in [2.24, 2.45) is 0 Å². The summed E-state index contributed by atoms with van der Waals surface area (Å²) < 4.78 is 0. The monoisotopic (exact) mass is 370 g/mol. The van der Waals surface area contributed by atoms with Gasteiger partial charge in [0.05, 0.1) is 12.8 Å². The molecule has 0 aromatic heterocycles. The molecule has 0 spiro atoms. The molecule has 0 bridgehead atoms. The highest BCUT2D eigenvalue weighted by Gasteiger charge is 2.17. The van der Waals surface area contributed by atoms with E-state index in [2.05, 4.69) is 5.32 Å². The lowest BCUT2D eigenvalue weighted by Crippen LogP contribution is -2.38. The Bertz CT molecular complexity index is 817. The van der Waals surface area contributed by atoms with E-state index in [1.165, 1.54) is 0 Å². The van der Waals surface area contributed by atoms with Crippen LogP contribution in [0.25, 0.3) is 11.1 Å². The molecule has 7 nitrogen and oxygen atoms in total. The Hall–Kier alpha value is -3.35. The second-order valence-electron chi connectivity index (χ2n) is 6.28. The van der Waals surface area contributed by atoms with Gasteiger partial charge >= 0.3 is 11.9 Å². The van der Waals surface area contributed by atoms with Gasteiger partial charge in [-0.1, -0.05) is 36.4 Å². The van der Waals surface area contributed by atoms with Gasteiger partial charge < -0.3 is 21.3 Å². The molecule has 0 saturated carbocycles. The minimum absolute atomic E-state index is 0.181. The SMILES string of the molecule is Nc1cccc(-c2ccc(CC(CC(=O)O)NC(=O)CCC(=O)O)cc2)c1. The molecule has 2 rings (SSSR count). The molecule has 0 aliphatic rings. The van der Waals surface area contributed by atoms with Crippen LogP contribution in [0.4, 0.5) is 5.69 Å². The first-order valence-electron chi connectivity index (χ1n) is 8.51. The lowest BCUT2D eigenvalue weighted by Gasteiger charge is -2.17. The number of rotatable bonds is 9. The van der Waals surface area contributed by atoms with E-state index in [0.29, 0.717) is 12.1 Å². The number of carbonyl (C=O) groups is 3. The number of nitrogens with one attached hydrogen (secondary N) is 1. The Morgan fingerprint density at radius 3 is 2.22 bits per heavy atom. The highest BCUT2D eigenvalue weighted by Crippen LogP contribution is 2.22. The molecule has 2 aromatic rings. The molecule has 7 heteroatoms. The average molecular weight is 370 g/mol. The van der Waals surface area contributed by atoms with E-state index in [9.17, 15) is 14.4 Å². The van der Waals surface area contributed by atoms with Crippen molar-refractivity contribution >= 4 is 23.5 Å². The summed E-state index contributed by atoms with van der Waals surface area (Å²) in [6.07, 6.45) is -0.377. The highest BCUT2D eigenvalue weighted by molar-refractivity contribution is 5.81. The maximum atomic E-state index is 11.8. The predicted octanol–water partition coefficient (Wildman–Crippen LogP) is 2.30. The average Bonchev–Trinajstić information content (AvgIpc) is 2.60. The van der Waals surface area contributed by atoms with Gasteiger partial charge in [0, 0.05) is 18.2 Å². The van der Waals surface area contributed by atoms with Gasteiger partial charge in [0.2, 0.25) is 5.91 Å². The van der Waals surface area contributed by atoms with Crippen LogP contribution in [0.1, 0.15) is 24.8 Å². The van der Waals surface area contributed by atoms with Gasteiger partial charge in [-0.3, -0.25) is 14.4 Å². The van der Waals surface area contributed by atoms with Crippen molar-refractivity contribution < 1.29 is 24.6 Å². The first kappa shape index (κ1) is 20.0. The van der Waals surface area contributed by atoms with Crippen LogP contribution in [0.2, 0.25) is 0 Å². The molecule has 0 radical (unpaired) electrons. The van der Waals surface area contributed by atoms with E-state index in [1.54, 1.807) is 6.07 Å². The maximum absolute atomic E-state index is 11.8. The Morgan fingerprint density at radius 1 is 0.926 bits per heavy atom. The zero-order valence-electron chi connectivity index (χ0n) is 14.7. The number of hydrogen-bond donors (Lipinski definition) is 4. The van der Waals surface area contributed by atoms with Crippen molar-refractivity contribution in [3.63, 3.8) is 0 Å². The normalized spacial score (nSPS) is 11.6. The van der Waals surface area contributed by atoms with Crippen LogP contribution in [0.15, 0.2) is 48.5 Å². The van der Waals surface area contributed by atoms with E-state index in [-0.39, 0.29) is 19.3 Å². The van der Waals surface area contributed by atoms with Crippen molar-refractivity contribution in [1.29, 1.82) is 0 Å². The van der Waals surface area contributed by atoms with Crippen molar-refractivity contribution in [3.8, 4) is 11.1 Å². The highest BCUT2D eigenvalue weighted by atomic mass is 16.4. The van der Waals surface area contributed by atoms with Crippen LogP contribution in [-0.2, 0) is 20.8 Å². The first-order valence-corrected chi connectivity index (χ1v) is 8.51. The van der Waals surface area contributed by atoms with Crippen molar-refractivity contribution in [2.75, 3.05) is 5.73 Å². The zero-order chi connectivity index (χ0) is 19.8. The van der Waals surface area contributed by atoms with Crippen LogP contribution >= 0.6 is 0 Å².